The van der Waals surface area contributed by atoms with Crippen molar-refractivity contribution in [1.29, 1.82) is 0 Å². The molecule has 0 aromatic carbocycles. The zero-order chi connectivity index (χ0) is 22.4. The van der Waals surface area contributed by atoms with Crippen molar-refractivity contribution in [2.75, 3.05) is 45.2 Å². The van der Waals surface area contributed by atoms with Crippen LogP contribution in [0.3, 0.4) is 0 Å². The molecule has 3 heterocycles. The highest BCUT2D eigenvalue weighted by Crippen LogP contribution is 2.24. The summed E-state index contributed by atoms with van der Waals surface area (Å²) in [7, 11) is 4.42. The number of aromatic nitrogens is 4. The van der Waals surface area contributed by atoms with Crippen molar-refractivity contribution >= 4 is 28.1 Å². The van der Waals surface area contributed by atoms with Crippen molar-refractivity contribution in [3.63, 3.8) is 0 Å². The van der Waals surface area contributed by atoms with E-state index in [4.69, 9.17) is 18.6 Å². The second kappa shape index (κ2) is 10.1. The fourth-order valence-electron chi connectivity index (χ4n) is 2.73. The Morgan fingerprint density at radius 2 is 2.00 bits per heavy atom. The first-order chi connectivity index (χ1) is 15.0. The first kappa shape index (κ1) is 22.4. The van der Waals surface area contributed by atoms with Crippen LogP contribution in [0.5, 0.6) is 5.75 Å². The molecular formula is C18H22N6O6S. The number of hydrogen-bond donors (Lipinski definition) is 2. The number of carbonyl (C=O) groups excluding carboxylic acids is 1. The van der Waals surface area contributed by atoms with Crippen LogP contribution in [0, 0.1) is 6.92 Å². The standard InChI is InChI=1S/C18H22N6O6S/c1-10-5-6-19-24(10)18-23-22-17(31-18)21-15(25)13-7-12(14(29-4)16(26)30-13)20-11(8-27-2)9-28-3/h5-7,11,20H,8-9H2,1-4H3,(H,21,22,25). The molecule has 0 aliphatic carbocycles. The van der Waals surface area contributed by atoms with Crippen LogP contribution in [0.2, 0.25) is 0 Å². The number of hydrogen-bond acceptors (Lipinski definition) is 11. The minimum absolute atomic E-state index is 0.0684. The predicted octanol–water partition coefficient (Wildman–Crippen LogP) is 1.32. The minimum Gasteiger partial charge on any atom is -0.488 e. The van der Waals surface area contributed by atoms with Crippen molar-refractivity contribution in [3.8, 4) is 10.9 Å². The fourth-order valence-corrected chi connectivity index (χ4v) is 3.49. The van der Waals surface area contributed by atoms with E-state index in [9.17, 15) is 9.59 Å². The van der Waals surface area contributed by atoms with Crippen molar-refractivity contribution in [1.82, 2.24) is 20.0 Å². The van der Waals surface area contributed by atoms with Crippen LogP contribution in [0.25, 0.3) is 5.13 Å². The van der Waals surface area contributed by atoms with E-state index in [1.807, 2.05) is 13.0 Å². The van der Waals surface area contributed by atoms with Gasteiger partial charge in [0.25, 0.3) is 5.91 Å². The summed E-state index contributed by atoms with van der Waals surface area (Å²) < 4.78 is 22.1. The van der Waals surface area contributed by atoms with Gasteiger partial charge in [-0.3, -0.25) is 10.1 Å². The lowest BCUT2D eigenvalue weighted by Crippen LogP contribution is -2.30. The Hall–Kier alpha value is -3.29. The van der Waals surface area contributed by atoms with Gasteiger partial charge in [-0.15, -0.1) is 10.2 Å². The first-order valence-corrected chi connectivity index (χ1v) is 9.90. The first-order valence-electron chi connectivity index (χ1n) is 9.09. The molecule has 0 spiro atoms. The molecule has 0 bridgehead atoms. The quantitative estimate of drug-likeness (QED) is 0.464. The van der Waals surface area contributed by atoms with E-state index < -0.39 is 11.5 Å². The van der Waals surface area contributed by atoms with Crippen LogP contribution >= 0.6 is 11.3 Å². The van der Waals surface area contributed by atoms with Crippen LogP contribution in [0.1, 0.15) is 16.2 Å². The van der Waals surface area contributed by atoms with Crippen molar-refractivity contribution in [2.45, 2.75) is 13.0 Å². The Kier molecular flexibility index (Phi) is 7.33. The van der Waals surface area contributed by atoms with Crippen molar-refractivity contribution < 1.29 is 23.4 Å². The number of aryl methyl sites for hydroxylation is 1. The lowest BCUT2D eigenvalue weighted by atomic mass is 10.2. The van der Waals surface area contributed by atoms with Crippen LogP contribution in [-0.2, 0) is 9.47 Å². The minimum atomic E-state index is -0.809. The van der Waals surface area contributed by atoms with Crippen LogP contribution in [0.4, 0.5) is 10.8 Å². The molecule has 0 saturated carbocycles. The maximum Gasteiger partial charge on any atom is 0.381 e. The Morgan fingerprint density at radius 3 is 2.61 bits per heavy atom. The second-order valence-electron chi connectivity index (χ2n) is 6.33. The Balaban J connectivity index is 1.82. The maximum absolute atomic E-state index is 12.7. The second-order valence-corrected chi connectivity index (χ2v) is 7.28. The molecule has 0 atom stereocenters. The van der Waals surface area contributed by atoms with Gasteiger partial charge in [-0.05, 0) is 13.0 Å². The van der Waals surface area contributed by atoms with E-state index in [-0.39, 0.29) is 28.4 Å². The SMILES string of the molecule is COCC(COC)Nc1cc(C(=O)Nc2nnc(-n3nccc3C)s2)oc(=O)c1OC. The van der Waals surface area contributed by atoms with Crippen molar-refractivity contribution in [3.05, 3.63) is 40.2 Å². The molecule has 3 aromatic heterocycles. The molecular weight excluding hydrogens is 428 g/mol. The average molecular weight is 450 g/mol. The number of nitrogens with one attached hydrogen (secondary N) is 2. The number of amides is 1. The summed E-state index contributed by atoms with van der Waals surface area (Å²) in [6.45, 7) is 2.48. The maximum atomic E-state index is 12.7. The number of carbonyl (C=O) groups is 1. The highest BCUT2D eigenvalue weighted by molar-refractivity contribution is 7.17. The lowest BCUT2D eigenvalue weighted by Gasteiger charge is -2.19. The molecule has 2 N–H and O–H groups in total. The zero-order valence-corrected chi connectivity index (χ0v) is 18.2. The van der Waals surface area contributed by atoms with E-state index in [1.165, 1.54) is 13.2 Å². The lowest BCUT2D eigenvalue weighted by molar-refractivity contribution is 0.0991. The number of ether oxygens (including phenoxy) is 3. The molecule has 3 rings (SSSR count). The Morgan fingerprint density at radius 1 is 1.26 bits per heavy atom. The monoisotopic (exact) mass is 450 g/mol. The normalized spacial score (nSPS) is 11.0. The van der Waals surface area contributed by atoms with E-state index >= 15 is 0 Å². The molecule has 0 aliphatic heterocycles. The summed E-state index contributed by atoms with van der Waals surface area (Å²) >= 11 is 1.12. The number of nitrogens with zero attached hydrogens (tertiary/aromatic N) is 4. The number of anilines is 2. The van der Waals surface area contributed by atoms with E-state index in [0.717, 1.165) is 17.0 Å². The largest absolute Gasteiger partial charge is 0.488 e. The van der Waals surface area contributed by atoms with Crippen LogP contribution < -0.4 is 21.0 Å². The van der Waals surface area contributed by atoms with E-state index in [2.05, 4.69) is 25.9 Å². The van der Waals surface area contributed by atoms with Gasteiger partial charge in [0.15, 0.2) is 5.76 Å². The third-order valence-corrected chi connectivity index (χ3v) is 4.89. The summed E-state index contributed by atoms with van der Waals surface area (Å²) in [5.74, 6) is -0.965. The van der Waals surface area contributed by atoms with Gasteiger partial charge in [-0.2, -0.15) is 5.10 Å². The van der Waals surface area contributed by atoms with Gasteiger partial charge in [-0.1, -0.05) is 11.3 Å². The highest BCUT2D eigenvalue weighted by atomic mass is 32.1. The molecule has 0 unspecified atom stereocenters. The summed E-state index contributed by atoms with van der Waals surface area (Å²) in [5, 5.41) is 18.4. The molecule has 1 amide bonds. The average Bonchev–Trinajstić information content (AvgIpc) is 3.36. The van der Waals surface area contributed by atoms with Gasteiger partial charge in [0.2, 0.25) is 16.0 Å². The molecule has 166 valence electrons. The molecule has 0 aliphatic rings. The van der Waals surface area contributed by atoms with Gasteiger partial charge < -0.3 is 23.9 Å². The molecule has 0 fully saturated rings. The Labute approximate surface area is 181 Å². The van der Waals surface area contributed by atoms with Gasteiger partial charge in [0.05, 0.1) is 32.1 Å². The smallest absolute Gasteiger partial charge is 0.381 e. The number of methoxy groups -OCH3 is 3. The van der Waals surface area contributed by atoms with Gasteiger partial charge >= 0.3 is 5.63 Å². The summed E-state index contributed by atoms with van der Waals surface area (Å²) in [6.07, 6.45) is 1.63. The fraction of sp³-hybridized carbons (Fsp3) is 0.389. The topological polar surface area (TPSA) is 143 Å². The molecule has 31 heavy (non-hydrogen) atoms. The third kappa shape index (κ3) is 5.25. The molecule has 0 saturated heterocycles. The van der Waals surface area contributed by atoms with Crippen LogP contribution in [0.15, 0.2) is 27.5 Å². The zero-order valence-electron chi connectivity index (χ0n) is 17.4. The van der Waals surface area contributed by atoms with Crippen molar-refractivity contribution in [2.24, 2.45) is 0 Å². The summed E-state index contributed by atoms with van der Waals surface area (Å²) in [6, 6.07) is 2.90. The van der Waals surface area contributed by atoms with Gasteiger partial charge in [0.1, 0.15) is 0 Å². The van der Waals surface area contributed by atoms with Gasteiger partial charge in [-0.25, -0.2) is 9.48 Å². The van der Waals surface area contributed by atoms with Gasteiger partial charge in [0, 0.05) is 32.2 Å². The molecule has 0 radical (unpaired) electrons. The number of rotatable bonds is 10. The van der Waals surface area contributed by atoms with E-state index in [0.29, 0.717) is 18.3 Å². The highest BCUT2D eigenvalue weighted by Gasteiger charge is 2.21. The third-order valence-electron chi connectivity index (χ3n) is 4.08. The van der Waals surface area contributed by atoms with Crippen LogP contribution in [-0.4, -0.2) is 66.5 Å². The Bertz CT molecular complexity index is 1090. The molecule has 3 aromatic rings. The molecule has 12 nitrogen and oxygen atoms in total. The predicted molar refractivity (Wildman–Crippen MR) is 112 cm³/mol. The summed E-state index contributed by atoms with van der Waals surface area (Å²) in [5.41, 5.74) is 0.331. The van der Waals surface area contributed by atoms with E-state index in [1.54, 1.807) is 25.1 Å². The molecule has 13 heteroatoms. The summed E-state index contributed by atoms with van der Waals surface area (Å²) in [4.78, 5) is 25.0.